The summed E-state index contributed by atoms with van der Waals surface area (Å²) in [6.07, 6.45) is 7.38. The molecule has 1 spiro atoms. The topological polar surface area (TPSA) is 9.23 Å². The van der Waals surface area contributed by atoms with Crippen molar-refractivity contribution in [1.29, 1.82) is 0 Å². The van der Waals surface area contributed by atoms with E-state index >= 15 is 0 Å². The molecule has 2 aliphatic carbocycles. The molecule has 1 aliphatic heterocycles. The van der Waals surface area contributed by atoms with Crippen molar-refractivity contribution in [2.45, 2.75) is 78.4 Å². The first-order valence-electron chi connectivity index (χ1n) is 7.48. The van der Waals surface area contributed by atoms with Crippen molar-refractivity contribution in [2.24, 2.45) is 22.7 Å². The van der Waals surface area contributed by atoms with Crippen LogP contribution in [-0.2, 0) is 4.74 Å². The molecule has 5 atom stereocenters. The van der Waals surface area contributed by atoms with Crippen LogP contribution in [0.15, 0.2) is 0 Å². The van der Waals surface area contributed by atoms with Crippen LogP contribution in [0.25, 0.3) is 0 Å². The van der Waals surface area contributed by atoms with Crippen molar-refractivity contribution in [3.63, 3.8) is 0 Å². The molecule has 3 fully saturated rings. The van der Waals surface area contributed by atoms with Crippen molar-refractivity contribution in [2.75, 3.05) is 0 Å². The minimum atomic E-state index is 0.170. The van der Waals surface area contributed by atoms with Gasteiger partial charge in [0, 0.05) is 5.41 Å². The first-order chi connectivity index (χ1) is 7.80. The van der Waals surface area contributed by atoms with Crippen molar-refractivity contribution in [1.82, 2.24) is 0 Å². The fourth-order valence-electron chi connectivity index (χ4n) is 5.56. The molecule has 1 heteroatoms. The Morgan fingerprint density at radius 3 is 2.35 bits per heavy atom. The maximum absolute atomic E-state index is 6.44. The third kappa shape index (κ3) is 1.41. The van der Waals surface area contributed by atoms with E-state index in [0.717, 1.165) is 11.8 Å². The summed E-state index contributed by atoms with van der Waals surface area (Å²) in [7, 11) is 0. The van der Waals surface area contributed by atoms with E-state index in [2.05, 4.69) is 34.6 Å². The SMILES string of the molecule is CC1OC2(C)CCC3CCC(C)(C)CC31C2C. The molecule has 0 amide bonds. The zero-order chi connectivity index (χ0) is 12.5. The lowest BCUT2D eigenvalue weighted by atomic mass is 9.47. The third-order valence-corrected chi connectivity index (χ3v) is 6.63. The molecular formula is C16H28O. The lowest BCUT2D eigenvalue weighted by Crippen LogP contribution is -2.52. The van der Waals surface area contributed by atoms with Crippen molar-refractivity contribution in [3.05, 3.63) is 0 Å². The maximum Gasteiger partial charge on any atom is 0.0690 e. The fourth-order valence-corrected chi connectivity index (χ4v) is 5.56. The van der Waals surface area contributed by atoms with Gasteiger partial charge in [-0.25, -0.2) is 0 Å². The second-order valence-corrected chi connectivity index (χ2v) is 8.02. The van der Waals surface area contributed by atoms with Gasteiger partial charge in [-0.1, -0.05) is 20.8 Å². The monoisotopic (exact) mass is 236 g/mol. The van der Waals surface area contributed by atoms with Gasteiger partial charge in [0.05, 0.1) is 11.7 Å². The van der Waals surface area contributed by atoms with Gasteiger partial charge < -0.3 is 4.74 Å². The highest BCUT2D eigenvalue weighted by Gasteiger charge is 2.65. The zero-order valence-electron chi connectivity index (χ0n) is 12.2. The number of hydrogen-bond acceptors (Lipinski definition) is 1. The number of rotatable bonds is 0. The largest absolute Gasteiger partial charge is 0.371 e. The Morgan fingerprint density at radius 1 is 1.00 bits per heavy atom. The predicted octanol–water partition coefficient (Wildman–Crippen LogP) is 4.41. The quantitative estimate of drug-likeness (QED) is 0.605. The summed E-state index contributed by atoms with van der Waals surface area (Å²) >= 11 is 0. The first-order valence-corrected chi connectivity index (χ1v) is 7.48. The highest BCUT2D eigenvalue weighted by Crippen LogP contribution is 2.67. The molecule has 0 radical (unpaired) electrons. The van der Waals surface area contributed by atoms with Crippen LogP contribution in [-0.4, -0.2) is 11.7 Å². The van der Waals surface area contributed by atoms with E-state index in [-0.39, 0.29) is 5.60 Å². The molecule has 3 rings (SSSR count). The van der Waals surface area contributed by atoms with Gasteiger partial charge in [0.2, 0.25) is 0 Å². The van der Waals surface area contributed by atoms with E-state index in [4.69, 9.17) is 4.74 Å². The molecule has 1 saturated heterocycles. The van der Waals surface area contributed by atoms with Crippen LogP contribution in [0.2, 0.25) is 0 Å². The van der Waals surface area contributed by atoms with Gasteiger partial charge >= 0.3 is 0 Å². The number of fused-ring (bicyclic) bond motifs is 1. The zero-order valence-corrected chi connectivity index (χ0v) is 12.2. The van der Waals surface area contributed by atoms with Crippen LogP contribution < -0.4 is 0 Å². The second kappa shape index (κ2) is 3.29. The van der Waals surface area contributed by atoms with Crippen molar-refractivity contribution >= 4 is 0 Å². The van der Waals surface area contributed by atoms with Crippen LogP contribution >= 0.6 is 0 Å². The molecule has 0 N–H and O–H groups in total. The maximum atomic E-state index is 6.44. The smallest absolute Gasteiger partial charge is 0.0690 e. The van der Waals surface area contributed by atoms with E-state index < -0.39 is 0 Å². The molecular weight excluding hydrogens is 208 g/mol. The van der Waals surface area contributed by atoms with Crippen molar-refractivity contribution in [3.8, 4) is 0 Å². The van der Waals surface area contributed by atoms with Gasteiger partial charge in [-0.2, -0.15) is 0 Å². The fraction of sp³-hybridized carbons (Fsp3) is 1.00. The summed E-state index contributed by atoms with van der Waals surface area (Å²) in [5, 5.41) is 0. The minimum absolute atomic E-state index is 0.170. The van der Waals surface area contributed by atoms with Crippen LogP contribution in [0.4, 0.5) is 0 Å². The van der Waals surface area contributed by atoms with E-state index in [1.807, 2.05) is 0 Å². The average Bonchev–Trinajstić information content (AvgIpc) is 2.35. The molecule has 0 aromatic rings. The molecule has 98 valence electrons. The standard InChI is InChI=1S/C16H28O/c1-11-15(5)9-7-13-6-8-14(3,4)10-16(11,13)12(2)17-15/h11-13H,6-10H2,1-5H3. The van der Waals surface area contributed by atoms with Gasteiger partial charge in [-0.3, -0.25) is 0 Å². The van der Waals surface area contributed by atoms with Crippen LogP contribution in [0.5, 0.6) is 0 Å². The minimum Gasteiger partial charge on any atom is -0.371 e. The number of hydrogen-bond donors (Lipinski definition) is 0. The Hall–Kier alpha value is -0.0400. The molecule has 5 unspecified atom stereocenters. The molecule has 0 aromatic carbocycles. The van der Waals surface area contributed by atoms with Gasteiger partial charge in [0.15, 0.2) is 0 Å². The second-order valence-electron chi connectivity index (χ2n) is 8.02. The summed E-state index contributed by atoms with van der Waals surface area (Å²) in [6, 6.07) is 0. The van der Waals surface area contributed by atoms with Gasteiger partial charge in [-0.05, 0) is 63.2 Å². The van der Waals surface area contributed by atoms with Crippen LogP contribution in [0.1, 0.15) is 66.7 Å². The third-order valence-electron chi connectivity index (χ3n) is 6.63. The Morgan fingerprint density at radius 2 is 1.65 bits per heavy atom. The Labute approximate surface area is 106 Å². The molecule has 1 nitrogen and oxygen atoms in total. The Kier molecular flexibility index (Phi) is 2.32. The summed E-state index contributed by atoms with van der Waals surface area (Å²) in [5.74, 6) is 1.67. The predicted molar refractivity (Wildman–Crippen MR) is 70.9 cm³/mol. The van der Waals surface area contributed by atoms with Crippen molar-refractivity contribution < 1.29 is 4.74 Å². The lowest BCUT2D eigenvalue weighted by Gasteiger charge is -2.55. The van der Waals surface area contributed by atoms with Gasteiger partial charge in [0.25, 0.3) is 0 Å². The highest BCUT2D eigenvalue weighted by molar-refractivity contribution is 5.13. The van der Waals surface area contributed by atoms with Crippen LogP contribution in [0.3, 0.4) is 0 Å². The molecule has 1 heterocycles. The Balaban J connectivity index is 2.03. The summed E-state index contributed by atoms with van der Waals surface area (Å²) in [4.78, 5) is 0. The first kappa shape index (κ1) is 12.0. The normalized spacial score (nSPS) is 56.6. The molecule has 3 aliphatic rings. The number of ether oxygens (including phenoxy) is 1. The van der Waals surface area contributed by atoms with Crippen LogP contribution in [0, 0.1) is 22.7 Å². The molecule has 2 saturated carbocycles. The van der Waals surface area contributed by atoms with E-state index in [1.165, 1.54) is 32.1 Å². The molecule has 2 bridgehead atoms. The van der Waals surface area contributed by atoms with E-state index in [1.54, 1.807) is 0 Å². The molecule has 17 heavy (non-hydrogen) atoms. The van der Waals surface area contributed by atoms with E-state index in [9.17, 15) is 0 Å². The summed E-state index contributed by atoms with van der Waals surface area (Å²) in [5.41, 5.74) is 1.17. The van der Waals surface area contributed by atoms with E-state index in [0.29, 0.717) is 16.9 Å². The van der Waals surface area contributed by atoms with Gasteiger partial charge in [0.1, 0.15) is 0 Å². The highest BCUT2D eigenvalue weighted by atomic mass is 16.5. The van der Waals surface area contributed by atoms with Gasteiger partial charge in [-0.15, -0.1) is 0 Å². The summed E-state index contributed by atoms with van der Waals surface area (Å²) in [6.45, 7) is 12.1. The lowest BCUT2D eigenvalue weighted by molar-refractivity contribution is -0.0532. The Bertz CT molecular complexity index is 334. The summed E-state index contributed by atoms with van der Waals surface area (Å²) < 4.78 is 6.44. The molecule has 0 aromatic heterocycles. The average molecular weight is 236 g/mol.